The molecule has 3 N–H and O–H groups in total. The van der Waals surface area contributed by atoms with Crippen LogP contribution in [0, 0.1) is 0 Å². The number of nitrogens with one attached hydrogen (secondary N) is 1. The highest BCUT2D eigenvalue weighted by Gasteiger charge is 2.20. The summed E-state index contributed by atoms with van der Waals surface area (Å²) in [5.74, 6) is 0.809. The lowest BCUT2D eigenvalue weighted by Crippen LogP contribution is -2.27. The molecule has 100 valence electrons. The average molecular weight is 266 g/mol. The summed E-state index contributed by atoms with van der Waals surface area (Å²) in [6.45, 7) is 0. The number of ether oxygens (including phenoxy) is 1. The lowest BCUT2D eigenvalue weighted by molar-refractivity contribution is 0.415. The SMILES string of the molecule is COc1ccc(NC2CCC(SC)CC2)c(N)c1. The lowest BCUT2D eigenvalue weighted by atomic mass is 9.94. The monoisotopic (exact) mass is 266 g/mol. The Hall–Kier alpha value is -1.03. The molecule has 0 aliphatic heterocycles. The molecule has 1 aliphatic carbocycles. The first-order valence-corrected chi connectivity index (χ1v) is 7.74. The second-order valence-electron chi connectivity index (χ2n) is 4.81. The Morgan fingerprint density at radius 1 is 1.28 bits per heavy atom. The van der Waals surface area contributed by atoms with Crippen molar-refractivity contribution in [2.45, 2.75) is 37.0 Å². The Labute approximate surface area is 113 Å². The van der Waals surface area contributed by atoms with Crippen molar-refractivity contribution in [3.05, 3.63) is 18.2 Å². The summed E-state index contributed by atoms with van der Waals surface area (Å²) in [5, 5.41) is 4.40. The largest absolute Gasteiger partial charge is 0.497 e. The van der Waals surface area contributed by atoms with E-state index in [-0.39, 0.29) is 0 Å². The third-order valence-electron chi connectivity index (χ3n) is 3.63. The van der Waals surface area contributed by atoms with Gasteiger partial charge in [0.2, 0.25) is 0 Å². The summed E-state index contributed by atoms with van der Waals surface area (Å²) in [6, 6.07) is 6.39. The molecule has 1 aromatic rings. The first-order chi connectivity index (χ1) is 8.72. The Balaban J connectivity index is 1.94. The van der Waals surface area contributed by atoms with Crippen molar-refractivity contribution in [1.82, 2.24) is 0 Å². The average Bonchev–Trinajstić information content (AvgIpc) is 2.42. The Kier molecular flexibility index (Phi) is 4.64. The molecule has 0 aromatic heterocycles. The molecule has 2 rings (SSSR count). The minimum atomic E-state index is 0.559. The Morgan fingerprint density at radius 3 is 2.56 bits per heavy atom. The fourth-order valence-corrected chi connectivity index (χ4v) is 3.21. The van der Waals surface area contributed by atoms with Crippen LogP contribution in [0.4, 0.5) is 11.4 Å². The van der Waals surface area contributed by atoms with E-state index in [9.17, 15) is 0 Å². The summed E-state index contributed by atoms with van der Waals surface area (Å²) in [6.07, 6.45) is 7.28. The Bertz CT molecular complexity index is 389. The molecule has 0 atom stereocenters. The fraction of sp³-hybridized carbons (Fsp3) is 0.571. The maximum absolute atomic E-state index is 6.02. The summed E-state index contributed by atoms with van der Waals surface area (Å²) >= 11 is 1.99. The van der Waals surface area contributed by atoms with E-state index in [0.717, 1.165) is 22.4 Å². The van der Waals surface area contributed by atoms with Gasteiger partial charge in [-0.15, -0.1) is 0 Å². The van der Waals surface area contributed by atoms with E-state index >= 15 is 0 Å². The van der Waals surface area contributed by atoms with Crippen LogP contribution < -0.4 is 15.8 Å². The molecule has 0 heterocycles. The summed E-state index contributed by atoms with van der Waals surface area (Å²) in [7, 11) is 1.66. The number of rotatable bonds is 4. The minimum absolute atomic E-state index is 0.559. The van der Waals surface area contributed by atoms with Crippen LogP contribution in [-0.4, -0.2) is 24.7 Å². The Morgan fingerprint density at radius 2 is 2.00 bits per heavy atom. The number of anilines is 2. The van der Waals surface area contributed by atoms with E-state index in [1.807, 2.05) is 30.0 Å². The number of nitrogen functional groups attached to an aromatic ring is 1. The third-order valence-corrected chi connectivity index (χ3v) is 4.76. The topological polar surface area (TPSA) is 47.3 Å². The van der Waals surface area contributed by atoms with Crippen LogP contribution >= 0.6 is 11.8 Å². The maximum atomic E-state index is 6.02. The second-order valence-corrected chi connectivity index (χ2v) is 5.94. The van der Waals surface area contributed by atoms with Crippen LogP contribution in [0.25, 0.3) is 0 Å². The molecule has 0 bridgehead atoms. The molecule has 1 aromatic carbocycles. The second kappa shape index (κ2) is 6.23. The molecule has 1 aliphatic rings. The molecule has 3 nitrogen and oxygen atoms in total. The number of benzene rings is 1. The van der Waals surface area contributed by atoms with Crippen LogP contribution in [-0.2, 0) is 0 Å². The van der Waals surface area contributed by atoms with Crippen molar-refractivity contribution in [2.75, 3.05) is 24.4 Å². The zero-order chi connectivity index (χ0) is 13.0. The van der Waals surface area contributed by atoms with Crippen molar-refractivity contribution in [3.63, 3.8) is 0 Å². The van der Waals surface area contributed by atoms with Crippen molar-refractivity contribution in [1.29, 1.82) is 0 Å². The van der Waals surface area contributed by atoms with Gasteiger partial charge in [0.05, 0.1) is 18.5 Å². The van der Waals surface area contributed by atoms with Gasteiger partial charge in [0.1, 0.15) is 5.75 Å². The highest BCUT2D eigenvalue weighted by molar-refractivity contribution is 7.99. The number of methoxy groups -OCH3 is 1. The first kappa shape index (κ1) is 13.4. The molecule has 0 spiro atoms. The standard InChI is InChI=1S/C14H22N2OS/c1-17-11-5-8-14(13(15)9-11)16-10-3-6-12(18-2)7-4-10/h5,8-10,12,16H,3-4,6-7,15H2,1-2H3. The van der Waals surface area contributed by atoms with Crippen molar-refractivity contribution in [3.8, 4) is 5.75 Å². The van der Waals surface area contributed by atoms with Gasteiger partial charge in [-0.05, 0) is 44.1 Å². The van der Waals surface area contributed by atoms with Crippen LogP contribution in [0.5, 0.6) is 5.75 Å². The molecule has 0 unspecified atom stereocenters. The zero-order valence-corrected chi connectivity index (χ0v) is 11.9. The van der Waals surface area contributed by atoms with Crippen LogP contribution in [0.2, 0.25) is 0 Å². The van der Waals surface area contributed by atoms with Gasteiger partial charge in [-0.2, -0.15) is 11.8 Å². The highest BCUT2D eigenvalue weighted by atomic mass is 32.2. The normalized spacial score (nSPS) is 23.7. The third kappa shape index (κ3) is 3.25. The fourth-order valence-electron chi connectivity index (χ4n) is 2.46. The molecule has 1 fully saturated rings. The van der Waals surface area contributed by atoms with E-state index in [2.05, 4.69) is 11.6 Å². The molecule has 0 amide bonds. The maximum Gasteiger partial charge on any atom is 0.121 e. The van der Waals surface area contributed by atoms with Gasteiger partial charge in [-0.3, -0.25) is 0 Å². The molecular formula is C14H22N2OS. The minimum Gasteiger partial charge on any atom is -0.497 e. The van der Waals surface area contributed by atoms with Gasteiger partial charge < -0.3 is 15.8 Å². The van der Waals surface area contributed by atoms with E-state index in [4.69, 9.17) is 10.5 Å². The van der Waals surface area contributed by atoms with Crippen molar-refractivity contribution >= 4 is 23.1 Å². The number of hydrogen-bond acceptors (Lipinski definition) is 4. The predicted octanol–water partition coefficient (Wildman–Crippen LogP) is 3.36. The quantitative estimate of drug-likeness (QED) is 0.820. The summed E-state index contributed by atoms with van der Waals surface area (Å²) in [4.78, 5) is 0. The number of hydrogen-bond donors (Lipinski definition) is 2. The molecule has 1 saturated carbocycles. The van der Waals surface area contributed by atoms with Crippen molar-refractivity contribution in [2.24, 2.45) is 0 Å². The predicted molar refractivity (Wildman–Crippen MR) is 80.6 cm³/mol. The zero-order valence-electron chi connectivity index (χ0n) is 11.1. The number of thioether (sulfide) groups is 1. The molecule has 0 radical (unpaired) electrons. The van der Waals surface area contributed by atoms with Gasteiger partial charge in [-0.1, -0.05) is 0 Å². The van der Waals surface area contributed by atoms with E-state index in [1.165, 1.54) is 25.7 Å². The summed E-state index contributed by atoms with van der Waals surface area (Å²) < 4.78 is 5.16. The molecule has 0 saturated heterocycles. The van der Waals surface area contributed by atoms with Crippen molar-refractivity contribution < 1.29 is 4.74 Å². The van der Waals surface area contributed by atoms with Gasteiger partial charge in [0.15, 0.2) is 0 Å². The van der Waals surface area contributed by atoms with Crippen LogP contribution in [0.1, 0.15) is 25.7 Å². The smallest absolute Gasteiger partial charge is 0.121 e. The van der Waals surface area contributed by atoms with Gasteiger partial charge in [0, 0.05) is 17.4 Å². The lowest BCUT2D eigenvalue weighted by Gasteiger charge is -2.29. The summed E-state index contributed by atoms with van der Waals surface area (Å²) in [5.41, 5.74) is 7.82. The molecule has 18 heavy (non-hydrogen) atoms. The molecule has 4 heteroatoms. The number of nitrogens with two attached hydrogens (primary N) is 1. The van der Waals surface area contributed by atoms with Gasteiger partial charge >= 0.3 is 0 Å². The van der Waals surface area contributed by atoms with E-state index < -0.39 is 0 Å². The van der Waals surface area contributed by atoms with E-state index in [0.29, 0.717) is 6.04 Å². The van der Waals surface area contributed by atoms with Gasteiger partial charge in [0.25, 0.3) is 0 Å². The van der Waals surface area contributed by atoms with Crippen LogP contribution in [0.3, 0.4) is 0 Å². The van der Waals surface area contributed by atoms with E-state index in [1.54, 1.807) is 7.11 Å². The van der Waals surface area contributed by atoms with Crippen LogP contribution in [0.15, 0.2) is 18.2 Å². The first-order valence-electron chi connectivity index (χ1n) is 6.45. The molecular weight excluding hydrogens is 244 g/mol. The highest BCUT2D eigenvalue weighted by Crippen LogP contribution is 2.31. The van der Waals surface area contributed by atoms with Gasteiger partial charge in [-0.25, -0.2) is 0 Å².